The number of benzene rings is 5. The van der Waals surface area contributed by atoms with Gasteiger partial charge in [0.2, 0.25) is 11.8 Å². The van der Waals surface area contributed by atoms with Crippen LogP contribution < -0.4 is 14.4 Å². The number of carbonyl (C=O) groups is 2. The lowest BCUT2D eigenvalue weighted by Gasteiger charge is -2.34. The van der Waals surface area contributed by atoms with E-state index in [1.165, 1.54) is 17.0 Å². The van der Waals surface area contributed by atoms with Gasteiger partial charge < -0.3 is 15.0 Å². The smallest absolute Gasteiger partial charge is 0.264 e. The van der Waals surface area contributed by atoms with Crippen LogP contribution in [0.5, 0.6) is 11.5 Å². The molecule has 8 nitrogen and oxygen atoms in total. The van der Waals surface area contributed by atoms with Crippen molar-refractivity contribution in [2.24, 2.45) is 0 Å². The van der Waals surface area contributed by atoms with Crippen molar-refractivity contribution in [2.75, 3.05) is 17.4 Å². The molecule has 5 aromatic carbocycles. The fourth-order valence-corrected chi connectivity index (χ4v) is 6.84. The largest absolute Gasteiger partial charge is 0.457 e. The molecule has 0 radical (unpaired) electrons. The summed E-state index contributed by atoms with van der Waals surface area (Å²) in [6, 6.07) is 39.1. The zero-order valence-corrected chi connectivity index (χ0v) is 28.0. The summed E-state index contributed by atoms with van der Waals surface area (Å²) in [5, 5.41) is 3.28. The number of ether oxygens (including phenoxy) is 1. The van der Waals surface area contributed by atoms with Crippen molar-refractivity contribution < 1.29 is 22.7 Å². The van der Waals surface area contributed by atoms with Crippen molar-refractivity contribution in [2.45, 2.75) is 30.8 Å². The molecule has 0 aromatic heterocycles. The summed E-state index contributed by atoms with van der Waals surface area (Å²) in [5.41, 5.74) is 1.71. The maximum atomic E-state index is 14.5. The lowest BCUT2D eigenvalue weighted by molar-refractivity contribution is -0.140. The van der Waals surface area contributed by atoms with Crippen LogP contribution in [0, 0.1) is 0 Å². The summed E-state index contributed by atoms with van der Waals surface area (Å²) in [5.74, 6) is 0.180. The van der Waals surface area contributed by atoms with Crippen LogP contribution in [0.4, 0.5) is 5.69 Å². The van der Waals surface area contributed by atoms with Crippen LogP contribution in [0.3, 0.4) is 0 Å². The molecular formula is C38H36ClN3O5S. The number of anilines is 1. The minimum atomic E-state index is -4.23. The Hall–Kier alpha value is -5.12. The van der Waals surface area contributed by atoms with Gasteiger partial charge in [-0.25, -0.2) is 8.42 Å². The van der Waals surface area contributed by atoms with E-state index in [1.807, 2.05) is 60.7 Å². The molecule has 0 unspecified atom stereocenters. The first-order valence-electron chi connectivity index (χ1n) is 15.5. The Labute approximate surface area is 286 Å². The molecule has 0 aliphatic carbocycles. The molecule has 0 saturated carbocycles. The van der Waals surface area contributed by atoms with Gasteiger partial charge in [-0.2, -0.15) is 0 Å². The Morgan fingerprint density at radius 3 is 1.94 bits per heavy atom. The number of para-hydroxylation sites is 1. The highest BCUT2D eigenvalue weighted by Crippen LogP contribution is 2.29. The molecule has 10 heteroatoms. The second-order valence-corrected chi connectivity index (χ2v) is 13.2. The Bertz CT molecular complexity index is 1910. The van der Waals surface area contributed by atoms with E-state index in [-0.39, 0.29) is 29.5 Å². The van der Waals surface area contributed by atoms with E-state index >= 15 is 0 Å². The van der Waals surface area contributed by atoms with Crippen LogP contribution in [0.15, 0.2) is 144 Å². The quantitative estimate of drug-likeness (QED) is 0.135. The second kappa shape index (κ2) is 16.1. The molecule has 1 atom stereocenters. The summed E-state index contributed by atoms with van der Waals surface area (Å²) < 4.78 is 35.4. The highest BCUT2D eigenvalue weighted by molar-refractivity contribution is 7.92. The maximum absolute atomic E-state index is 14.5. The van der Waals surface area contributed by atoms with Gasteiger partial charge in [-0.15, -0.1) is 0 Å². The number of rotatable bonds is 14. The van der Waals surface area contributed by atoms with E-state index < -0.39 is 28.5 Å². The number of carbonyl (C=O) groups excluding carboxylic acids is 2. The molecule has 0 spiro atoms. The molecule has 1 N–H and O–H groups in total. The summed E-state index contributed by atoms with van der Waals surface area (Å²) in [7, 11) is -4.23. The van der Waals surface area contributed by atoms with Crippen molar-refractivity contribution in [1.82, 2.24) is 10.2 Å². The van der Waals surface area contributed by atoms with Crippen molar-refractivity contribution in [3.63, 3.8) is 0 Å². The van der Waals surface area contributed by atoms with Crippen LogP contribution in [0.1, 0.15) is 18.1 Å². The zero-order valence-electron chi connectivity index (χ0n) is 26.4. The Kier molecular flexibility index (Phi) is 11.5. The number of likely N-dealkylation sites (N-methyl/N-ethyl adjacent to an activating group) is 1. The van der Waals surface area contributed by atoms with Crippen LogP contribution >= 0.6 is 11.6 Å². The maximum Gasteiger partial charge on any atom is 0.264 e. The standard InChI is InChI=1S/C38H36ClN3O5S/c1-2-40-38(44)36(26-29-14-6-3-7-15-29)41(27-30-16-12-13-21-35(30)39)37(43)28-42(48(45,46)34-19-10-5-11-20-34)31-22-24-33(25-23-31)47-32-17-8-4-9-18-32/h3-25,36H,2,26-28H2,1H3,(H,40,44)/t36-/m1/s1. The lowest BCUT2D eigenvalue weighted by atomic mass is 10.0. The van der Waals surface area contributed by atoms with Gasteiger partial charge in [0.1, 0.15) is 24.1 Å². The summed E-state index contributed by atoms with van der Waals surface area (Å²) in [6.07, 6.45) is 0.208. The predicted molar refractivity (Wildman–Crippen MR) is 189 cm³/mol. The van der Waals surface area contributed by atoms with Gasteiger partial charge in [0.05, 0.1) is 10.6 Å². The Balaban J connectivity index is 1.55. The van der Waals surface area contributed by atoms with Gasteiger partial charge in [0.15, 0.2) is 0 Å². The minimum absolute atomic E-state index is 0.0176. The lowest BCUT2D eigenvalue weighted by Crippen LogP contribution is -2.53. The molecule has 0 fully saturated rings. The molecule has 0 aliphatic rings. The molecule has 5 rings (SSSR count). The number of hydrogen-bond donors (Lipinski definition) is 1. The van der Waals surface area contributed by atoms with Crippen molar-refractivity contribution in [3.8, 4) is 11.5 Å². The predicted octanol–water partition coefficient (Wildman–Crippen LogP) is 7.10. The normalized spacial score (nSPS) is 11.7. The van der Waals surface area contributed by atoms with Crippen LogP contribution in [0.25, 0.3) is 0 Å². The molecule has 246 valence electrons. The summed E-state index contributed by atoms with van der Waals surface area (Å²) >= 11 is 6.55. The number of halogens is 1. The number of nitrogens with one attached hydrogen (secondary N) is 1. The zero-order chi connectivity index (χ0) is 33.9. The number of amides is 2. The fraction of sp³-hybridized carbons (Fsp3) is 0.158. The first kappa shape index (κ1) is 34.2. The highest BCUT2D eigenvalue weighted by Gasteiger charge is 2.34. The molecule has 0 aliphatic heterocycles. The van der Waals surface area contributed by atoms with E-state index in [9.17, 15) is 18.0 Å². The van der Waals surface area contributed by atoms with Crippen LogP contribution in [0.2, 0.25) is 5.02 Å². The van der Waals surface area contributed by atoms with E-state index in [1.54, 1.807) is 73.7 Å². The Morgan fingerprint density at radius 1 is 0.750 bits per heavy atom. The summed E-state index contributed by atoms with van der Waals surface area (Å²) in [4.78, 5) is 29.6. The summed E-state index contributed by atoms with van der Waals surface area (Å²) in [6.45, 7) is 1.56. The van der Waals surface area contributed by atoms with Gasteiger partial charge in [0, 0.05) is 24.5 Å². The molecular weight excluding hydrogens is 646 g/mol. The van der Waals surface area contributed by atoms with Crippen molar-refractivity contribution in [3.05, 3.63) is 156 Å². The van der Waals surface area contributed by atoms with E-state index in [0.717, 1.165) is 9.87 Å². The van der Waals surface area contributed by atoms with Crippen molar-refractivity contribution >= 4 is 39.1 Å². The van der Waals surface area contributed by atoms with Gasteiger partial charge >= 0.3 is 0 Å². The molecule has 5 aromatic rings. The van der Waals surface area contributed by atoms with Gasteiger partial charge in [0.25, 0.3) is 10.0 Å². The highest BCUT2D eigenvalue weighted by atomic mass is 35.5. The molecule has 0 heterocycles. The topological polar surface area (TPSA) is 96.0 Å². The van der Waals surface area contributed by atoms with E-state index in [2.05, 4.69) is 5.32 Å². The molecule has 0 bridgehead atoms. The number of hydrogen-bond acceptors (Lipinski definition) is 5. The van der Waals surface area contributed by atoms with Crippen molar-refractivity contribution in [1.29, 1.82) is 0 Å². The SMILES string of the molecule is CCNC(=O)[C@@H](Cc1ccccc1)N(Cc1ccccc1Cl)C(=O)CN(c1ccc(Oc2ccccc2)cc1)S(=O)(=O)c1ccccc1. The van der Waals surface area contributed by atoms with Gasteiger partial charge in [-0.1, -0.05) is 96.5 Å². The second-order valence-electron chi connectivity index (χ2n) is 10.9. The number of nitrogens with zero attached hydrogens (tertiary/aromatic N) is 2. The molecule has 48 heavy (non-hydrogen) atoms. The third kappa shape index (κ3) is 8.61. The third-order valence-corrected chi connectivity index (χ3v) is 9.79. The average molecular weight is 682 g/mol. The van der Waals surface area contributed by atoms with E-state index in [4.69, 9.17) is 16.3 Å². The van der Waals surface area contributed by atoms with Crippen LogP contribution in [-0.2, 0) is 32.6 Å². The molecule has 2 amide bonds. The van der Waals surface area contributed by atoms with Crippen LogP contribution in [-0.4, -0.2) is 44.3 Å². The minimum Gasteiger partial charge on any atom is -0.457 e. The first-order valence-corrected chi connectivity index (χ1v) is 17.3. The first-order chi connectivity index (χ1) is 23.3. The number of sulfonamides is 1. The monoisotopic (exact) mass is 681 g/mol. The van der Waals surface area contributed by atoms with Gasteiger partial charge in [-0.05, 0) is 72.6 Å². The fourth-order valence-electron chi connectivity index (χ4n) is 5.21. The Morgan fingerprint density at radius 2 is 1.31 bits per heavy atom. The van der Waals surface area contributed by atoms with Gasteiger partial charge in [-0.3, -0.25) is 13.9 Å². The molecule has 0 saturated heterocycles. The van der Waals surface area contributed by atoms with E-state index in [0.29, 0.717) is 28.6 Å². The average Bonchev–Trinajstić information content (AvgIpc) is 3.11. The third-order valence-electron chi connectivity index (χ3n) is 7.63.